The van der Waals surface area contributed by atoms with Gasteiger partial charge < -0.3 is 16.0 Å². The number of hydrogen-bond donors (Lipinski definition) is 2. The molecule has 0 spiro atoms. The highest BCUT2D eigenvalue weighted by molar-refractivity contribution is 7.18. The molecule has 3 amide bonds. The van der Waals surface area contributed by atoms with E-state index in [1.54, 1.807) is 11.8 Å². The number of primary amides is 1. The van der Waals surface area contributed by atoms with Crippen molar-refractivity contribution in [2.75, 3.05) is 18.4 Å². The Bertz CT molecular complexity index is 616. The monoisotopic (exact) mass is 323 g/mol. The molecule has 0 bridgehead atoms. The Morgan fingerprint density at radius 1 is 1.27 bits per heavy atom. The Morgan fingerprint density at radius 3 is 2.32 bits per heavy atom. The van der Waals surface area contributed by atoms with E-state index in [1.165, 1.54) is 0 Å². The molecular weight excluding hydrogens is 302 g/mol. The Labute approximate surface area is 133 Å². The summed E-state index contributed by atoms with van der Waals surface area (Å²) in [5, 5.41) is 3.14. The topological polar surface area (TPSA) is 92.5 Å². The Morgan fingerprint density at radius 2 is 1.86 bits per heavy atom. The predicted octanol–water partition coefficient (Wildman–Crippen LogP) is 1.99. The van der Waals surface area contributed by atoms with Crippen molar-refractivity contribution in [3.63, 3.8) is 0 Å². The van der Waals surface area contributed by atoms with Crippen LogP contribution in [0.15, 0.2) is 0 Å². The maximum absolute atomic E-state index is 12.5. The number of carbonyl (C=O) groups excluding carboxylic acids is 3. The third-order valence-corrected chi connectivity index (χ3v) is 5.02. The highest BCUT2D eigenvalue weighted by atomic mass is 32.1. The van der Waals surface area contributed by atoms with Gasteiger partial charge in [-0.2, -0.15) is 0 Å². The fourth-order valence-electron chi connectivity index (χ4n) is 2.32. The highest BCUT2D eigenvalue weighted by Crippen LogP contribution is 2.36. The van der Waals surface area contributed by atoms with Crippen molar-refractivity contribution >= 4 is 34.1 Å². The van der Waals surface area contributed by atoms with E-state index in [-0.39, 0.29) is 23.3 Å². The molecule has 3 N–H and O–H groups in total. The summed E-state index contributed by atoms with van der Waals surface area (Å²) in [5.74, 6) is -0.851. The molecule has 7 heteroatoms. The molecule has 1 heterocycles. The molecule has 1 fully saturated rings. The van der Waals surface area contributed by atoms with Gasteiger partial charge in [-0.3, -0.25) is 14.4 Å². The Kier molecular flexibility index (Phi) is 4.85. The fraction of sp³-hybridized carbons (Fsp3) is 0.533. The van der Waals surface area contributed by atoms with E-state index in [0.717, 1.165) is 24.2 Å². The van der Waals surface area contributed by atoms with E-state index in [0.29, 0.717) is 28.5 Å². The second kappa shape index (κ2) is 6.48. The number of nitrogens with one attached hydrogen (secondary N) is 1. The lowest BCUT2D eigenvalue weighted by atomic mass is 10.1. The first-order valence-electron chi connectivity index (χ1n) is 7.43. The van der Waals surface area contributed by atoms with Crippen LogP contribution in [-0.4, -0.2) is 35.7 Å². The molecule has 1 aliphatic carbocycles. The number of hydrogen-bond acceptors (Lipinski definition) is 4. The van der Waals surface area contributed by atoms with Gasteiger partial charge in [-0.25, -0.2) is 0 Å². The van der Waals surface area contributed by atoms with Crippen molar-refractivity contribution < 1.29 is 14.4 Å². The number of nitrogens with zero attached hydrogens (tertiary/aromatic N) is 1. The van der Waals surface area contributed by atoms with Crippen LogP contribution in [0.5, 0.6) is 0 Å². The van der Waals surface area contributed by atoms with E-state index in [2.05, 4.69) is 5.32 Å². The summed E-state index contributed by atoms with van der Waals surface area (Å²) in [7, 11) is 0. The molecular formula is C15H21N3O3S. The average Bonchev–Trinajstić information content (AvgIpc) is 3.25. The number of amides is 3. The van der Waals surface area contributed by atoms with Crippen LogP contribution < -0.4 is 11.1 Å². The van der Waals surface area contributed by atoms with Crippen molar-refractivity contribution in [2.45, 2.75) is 33.6 Å². The zero-order valence-corrected chi connectivity index (χ0v) is 13.9. The standard InChI is InChI=1S/C15H21N3O3S/c1-4-18(5-2)15(21)11-8(3)10(12(16)19)14(22-11)17-13(20)9-6-7-9/h9H,4-7H2,1-3H3,(H2,16,19)(H,17,20). The van der Waals surface area contributed by atoms with Crippen LogP contribution in [0, 0.1) is 12.8 Å². The summed E-state index contributed by atoms with van der Waals surface area (Å²) in [6.07, 6.45) is 1.74. The summed E-state index contributed by atoms with van der Waals surface area (Å²) in [5.41, 5.74) is 6.22. The van der Waals surface area contributed by atoms with Gasteiger partial charge in [0.1, 0.15) is 5.00 Å². The molecule has 120 valence electrons. The first-order valence-corrected chi connectivity index (χ1v) is 8.25. The molecule has 0 unspecified atom stereocenters. The summed E-state index contributed by atoms with van der Waals surface area (Å²) >= 11 is 1.13. The van der Waals surface area contributed by atoms with Crippen molar-refractivity contribution in [3.05, 3.63) is 16.0 Å². The molecule has 0 aromatic carbocycles. The molecule has 0 saturated heterocycles. The van der Waals surface area contributed by atoms with E-state index < -0.39 is 5.91 Å². The maximum atomic E-state index is 12.5. The van der Waals surface area contributed by atoms with Gasteiger partial charge in [0.2, 0.25) is 5.91 Å². The number of carbonyl (C=O) groups is 3. The molecule has 1 aliphatic rings. The van der Waals surface area contributed by atoms with Gasteiger partial charge >= 0.3 is 0 Å². The SMILES string of the molecule is CCN(CC)C(=O)c1sc(NC(=O)C2CC2)c(C(N)=O)c1C. The second-order valence-corrected chi connectivity index (χ2v) is 6.39. The smallest absolute Gasteiger partial charge is 0.264 e. The lowest BCUT2D eigenvalue weighted by Crippen LogP contribution is -2.30. The minimum absolute atomic E-state index is 0.0186. The van der Waals surface area contributed by atoms with Crippen LogP contribution in [0.4, 0.5) is 5.00 Å². The summed E-state index contributed by atoms with van der Waals surface area (Å²) in [4.78, 5) is 38.3. The van der Waals surface area contributed by atoms with Crippen molar-refractivity contribution in [1.82, 2.24) is 4.90 Å². The van der Waals surface area contributed by atoms with E-state index in [4.69, 9.17) is 5.73 Å². The van der Waals surface area contributed by atoms with Crippen LogP contribution in [0.2, 0.25) is 0 Å². The molecule has 0 aliphatic heterocycles. The fourth-order valence-corrected chi connectivity index (χ4v) is 3.50. The molecule has 0 radical (unpaired) electrons. The third-order valence-electron chi connectivity index (χ3n) is 3.82. The van der Waals surface area contributed by atoms with Crippen molar-refractivity contribution in [2.24, 2.45) is 11.7 Å². The van der Waals surface area contributed by atoms with Crippen molar-refractivity contribution in [1.29, 1.82) is 0 Å². The van der Waals surface area contributed by atoms with E-state index in [1.807, 2.05) is 13.8 Å². The van der Waals surface area contributed by atoms with Crippen molar-refractivity contribution in [3.8, 4) is 0 Å². The second-order valence-electron chi connectivity index (χ2n) is 5.37. The van der Waals surface area contributed by atoms with Gasteiger partial charge in [-0.1, -0.05) is 0 Å². The largest absolute Gasteiger partial charge is 0.365 e. The predicted molar refractivity (Wildman–Crippen MR) is 86.2 cm³/mol. The molecule has 1 aromatic heterocycles. The minimum Gasteiger partial charge on any atom is -0.365 e. The Balaban J connectivity index is 2.37. The number of rotatable bonds is 6. The van der Waals surface area contributed by atoms with Crippen LogP contribution in [0.3, 0.4) is 0 Å². The zero-order valence-electron chi connectivity index (χ0n) is 13.1. The van der Waals surface area contributed by atoms with Crippen LogP contribution in [0.1, 0.15) is 52.3 Å². The maximum Gasteiger partial charge on any atom is 0.264 e. The van der Waals surface area contributed by atoms with Gasteiger partial charge in [0.15, 0.2) is 0 Å². The van der Waals surface area contributed by atoms with E-state index >= 15 is 0 Å². The van der Waals surface area contributed by atoms with Gasteiger partial charge in [0.05, 0.1) is 10.4 Å². The Hall–Kier alpha value is -1.89. The number of nitrogens with two attached hydrogens (primary N) is 1. The van der Waals surface area contributed by atoms with Crippen LogP contribution in [0.25, 0.3) is 0 Å². The first-order chi connectivity index (χ1) is 10.4. The van der Waals surface area contributed by atoms with Gasteiger partial charge in [0.25, 0.3) is 11.8 Å². The normalized spacial score (nSPS) is 13.8. The van der Waals surface area contributed by atoms with Gasteiger partial charge in [-0.15, -0.1) is 11.3 Å². The lowest BCUT2D eigenvalue weighted by Gasteiger charge is -2.17. The zero-order chi connectivity index (χ0) is 16.4. The molecule has 6 nitrogen and oxygen atoms in total. The first kappa shape index (κ1) is 16.5. The average molecular weight is 323 g/mol. The minimum atomic E-state index is -0.626. The number of thiophene rings is 1. The molecule has 22 heavy (non-hydrogen) atoms. The quantitative estimate of drug-likeness (QED) is 0.838. The molecule has 0 atom stereocenters. The van der Waals surface area contributed by atoms with Gasteiger partial charge in [0, 0.05) is 19.0 Å². The third kappa shape index (κ3) is 3.14. The summed E-state index contributed by atoms with van der Waals surface area (Å²) < 4.78 is 0. The number of anilines is 1. The van der Waals surface area contributed by atoms with Crippen LogP contribution in [-0.2, 0) is 4.79 Å². The van der Waals surface area contributed by atoms with Crippen LogP contribution >= 0.6 is 11.3 Å². The highest BCUT2D eigenvalue weighted by Gasteiger charge is 2.32. The summed E-state index contributed by atoms with van der Waals surface area (Å²) in [6.45, 7) is 6.66. The van der Waals surface area contributed by atoms with Gasteiger partial charge in [-0.05, 0) is 39.2 Å². The van der Waals surface area contributed by atoms with E-state index in [9.17, 15) is 14.4 Å². The molecule has 1 saturated carbocycles. The summed E-state index contributed by atoms with van der Waals surface area (Å²) in [6, 6.07) is 0. The lowest BCUT2D eigenvalue weighted by molar-refractivity contribution is -0.117. The molecule has 2 rings (SSSR count). The molecule has 1 aromatic rings.